The Morgan fingerprint density at radius 2 is 2.09 bits per heavy atom. The third kappa shape index (κ3) is 2.60. The number of H-pyrrole nitrogens is 1. The van der Waals surface area contributed by atoms with Gasteiger partial charge in [-0.2, -0.15) is 0 Å². The number of carboxylic acids is 1. The third-order valence-corrected chi connectivity index (χ3v) is 4.73. The van der Waals surface area contributed by atoms with Gasteiger partial charge in [-0.25, -0.2) is 4.79 Å². The maximum atomic E-state index is 12.2. The van der Waals surface area contributed by atoms with Gasteiger partial charge in [-0.3, -0.25) is 4.79 Å². The lowest BCUT2D eigenvalue weighted by Crippen LogP contribution is -2.50. The van der Waals surface area contributed by atoms with Gasteiger partial charge in [0.05, 0.1) is 6.04 Å². The largest absolute Gasteiger partial charge is 0.480 e. The Kier molecular flexibility index (Phi) is 4.11. The fraction of sp³-hybridized carbons (Fsp3) is 0.444. The highest BCUT2D eigenvalue weighted by Gasteiger charge is 2.41. The number of hydrogen-bond donors (Lipinski definition) is 2. The molecule has 1 aliphatic heterocycles. The van der Waals surface area contributed by atoms with Gasteiger partial charge in [-0.05, 0) is 18.1 Å². The topological polar surface area (TPSA) is 73.4 Å². The molecule has 1 aliphatic rings. The van der Waals surface area contributed by atoms with Crippen molar-refractivity contribution in [3.8, 4) is 0 Å². The SMILES string of the molecule is CCCC[C@H]1c2[nH]c3ccccc3c2C[C@H](C(=O)O)N1C(C)=O. The molecule has 0 spiro atoms. The summed E-state index contributed by atoms with van der Waals surface area (Å²) in [5, 5.41) is 10.7. The molecule has 0 unspecified atom stereocenters. The zero-order valence-electron chi connectivity index (χ0n) is 13.5. The summed E-state index contributed by atoms with van der Waals surface area (Å²) in [5.74, 6) is -1.11. The number of para-hydroxylation sites is 1. The van der Waals surface area contributed by atoms with E-state index < -0.39 is 12.0 Å². The number of hydrogen-bond acceptors (Lipinski definition) is 2. The highest BCUT2D eigenvalue weighted by Crippen LogP contribution is 2.39. The van der Waals surface area contributed by atoms with Gasteiger partial charge < -0.3 is 15.0 Å². The van der Waals surface area contributed by atoms with Gasteiger partial charge in [0.25, 0.3) is 0 Å². The first-order valence-corrected chi connectivity index (χ1v) is 8.15. The number of carboxylic acid groups (broad SMARTS) is 1. The van der Waals surface area contributed by atoms with Gasteiger partial charge in [0.2, 0.25) is 5.91 Å². The molecule has 2 aromatic rings. The molecule has 1 aromatic heterocycles. The molecule has 2 N–H and O–H groups in total. The van der Waals surface area contributed by atoms with Crippen molar-refractivity contribution in [2.45, 2.75) is 51.6 Å². The lowest BCUT2D eigenvalue weighted by molar-refractivity contribution is -0.152. The number of fused-ring (bicyclic) bond motifs is 3. The molecule has 0 aliphatic carbocycles. The first kappa shape index (κ1) is 15.6. The molecule has 1 amide bonds. The van der Waals surface area contributed by atoms with E-state index in [1.54, 1.807) is 4.90 Å². The minimum atomic E-state index is -0.933. The lowest BCUT2D eigenvalue weighted by atomic mass is 9.89. The van der Waals surface area contributed by atoms with E-state index >= 15 is 0 Å². The van der Waals surface area contributed by atoms with Crippen LogP contribution in [0.5, 0.6) is 0 Å². The molecule has 5 nitrogen and oxygen atoms in total. The lowest BCUT2D eigenvalue weighted by Gasteiger charge is -2.39. The van der Waals surface area contributed by atoms with Crippen molar-refractivity contribution in [1.82, 2.24) is 9.88 Å². The van der Waals surface area contributed by atoms with Crippen molar-refractivity contribution in [2.75, 3.05) is 0 Å². The van der Waals surface area contributed by atoms with Crippen LogP contribution in [-0.2, 0) is 16.0 Å². The molecule has 3 rings (SSSR count). The van der Waals surface area contributed by atoms with Crippen LogP contribution in [0.1, 0.15) is 50.4 Å². The van der Waals surface area contributed by atoms with Crippen LogP contribution in [0, 0.1) is 0 Å². The monoisotopic (exact) mass is 314 g/mol. The first-order chi connectivity index (χ1) is 11.0. The Morgan fingerprint density at radius 1 is 1.35 bits per heavy atom. The molecule has 2 atom stereocenters. The Labute approximate surface area is 135 Å². The summed E-state index contributed by atoms with van der Waals surface area (Å²) in [6, 6.07) is 6.96. The van der Waals surface area contributed by atoms with Crippen LogP contribution >= 0.6 is 0 Å². The number of nitrogens with one attached hydrogen (secondary N) is 1. The second-order valence-corrected chi connectivity index (χ2v) is 6.21. The summed E-state index contributed by atoms with van der Waals surface area (Å²) in [5.41, 5.74) is 3.06. The predicted octanol–water partition coefficient (Wildman–Crippen LogP) is 3.26. The highest BCUT2D eigenvalue weighted by atomic mass is 16.4. The molecule has 122 valence electrons. The highest BCUT2D eigenvalue weighted by molar-refractivity contribution is 5.89. The van der Waals surface area contributed by atoms with Gasteiger partial charge in [0, 0.05) is 29.9 Å². The minimum Gasteiger partial charge on any atom is -0.480 e. The molecule has 5 heteroatoms. The summed E-state index contributed by atoms with van der Waals surface area (Å²) < 4.78 is 0. The van der Waals surface area contributed by atoms with Gasteiger partial charge in [0.1, 0.15) is 6.04 Å². The van der Waals surface area contributed by atoms with Crippen molar-refractivity contribution in [3.63, 3.8) is 0 Å². The van der Waals surface area contributed by atoms with Crippen LogP contribution in [0.2, 0.25) is 0 Å². The van der Waals surface area contributed by atoms with Crippen molar-refractivity contribution in [1.29, 1.82) is 0 Å². The zero-order valence-corrected chi connectivity index (χ0v) is 13.5. The number of unbranched alkanes of at least 4 members (excludes halogenated alkanes) is 1. The average Bonchev–Trinajstić information content (AvgIpc) is 2.90. The summed E-state index contributed by atoms with van der Waals surface area (Å²) >= 11 is 0. The molecule has 23 heavy (non-hydrogen) atoms. The van der Waals surface area contributed by atoms with Gasteiger partial charge in [-0.15, -0.1) is 0 Å². The predicted molar refractivity (Wildman–Crippen MR) is 88.2 cm³/mol. The summed E-state index contributed by atoms with van der Waals surface area (Å²) in [6.45, 7) is 3.56. The molecule has 0 radical (unpaired) electrons. The molecule has 0 saturated carbocycles. The molecular weight excluding hydrogens is 292 g/mol. The third-order valence-electron chi connectivity index (χ3n) is 4.73. The van der Waals surface area contributed by atoms with E-state index in [-0.39, 0.29) is 11.9 Å². The zero-order chi connectivity index (χ0) is 16.6. The second-order valence-electron chi connectivity index (χ2n) is 6.21. The number of rotatable bonds is 4. The van der Waals surface area contributed by atoms with E-state index in [0.717, 1.165) is 41.4 Å². The Balaban J connectivity index is 2.16. The van der Waals surface area contributed by atoms with Crippen LogP contribution in [0.15, 0.2) is 24.3 Å². The fourth-order valence-electron chi connectivity index (χ4n) is 3.70. The maximum Gasteiger partial charge on any atom is 0.326 e. The van der Waals surface area contributed by atoms with Crippen LogP contribution in [0.4, 0.5) is 0 Å². The van der Waals surface area contributed by atoms with Crippen LogP contribution in [0.25, 0.3) is 10.9 Å². The molecular formula is C18H22N2O3. The second kappa shape index (κ2) is 6.07. The van der Waals surface area contributed by atoms with Crippen molar-refractivity contribution >= 4 is 22.8 Å². The van der Waals surface area contributed by atoms with E-state index in [9.17, 15) is 14.7 Å². The quantitative estimate of drug-likeness (QED) is 0.909. The van der Waals surface area contributed by atoms with Crippen LogP contribution in [-0.4, -0.2) is 32.9 Å². The van der Waals surface area contributed by atoms with Crippen LogP contribution < -0.4 is 0 Å². The molecule has 0 fully saturated rings. The average molecular weight is 314 g/mol. The van der Waals surface area contributed by atoms with E-state index in [4.69, 9.17) is 0 Å². The van der Waals surface area contributed by atoms with Crippen LogP contribution in [0.3, 0.4) is 0 Å². The van der Waals surface area contributed by atoms with Crippen molar-refractivity contribution < 1.29 is 14.7 Å². The Bertz CT molecular complexity index is 750. The van der Waals surface area contributed by atoms with Crippen molar-refractivity contribution in [2.24, 2.45) is 0 Å². The number of carbonyl (C=O) groups excluding carboxylic acids is 1. The number of carbonyl (C=O) groups is 2. The van der Waals surface area contributed by atoms with E-state index in [1.807, 2.05) is 24.3 Å². The van der Waals surface area contributed by atoms with E-state index in [1.165, 1.54) is 6.92 Å². The summed E-state index contributed by atoms with van der Waals surface area (Å²) in [7, 11) is 0. The summed E-state index contributed by atoms with van der Waals surface area (Å²) in [4.78, 5) is 28.9. The summed E-state index contributed by atoms with van der Waals surface area (Å²) in [6.07, 6.45) is 3.10. The number of aromatic nitrogens is 1. The minimum absolute atomic E-state index is 0.178. The molecule has 2 heterocycles. The van der Waals surface area contributed by atoms with Gasteiger partial charge in [-0.1, -0.05) is 38.0 Å². The fourth-order valence-corrected chi connectivity index (χ4v) is 3.70. The number of amides is 1. The number of benzene rings is 1. The van der Waals surface area contributed by atoms with Gasteiger partial charge in [0.15, 0.2) is 0 Å². The van der Waals surface area contributed by atoms with Crippen molar-refractivity contribution in [3.05, 3.63) is 35.5 Å². The number of aliphatic carboxylic acids is 1. The number of aromatic amines is 1. The van der Waals surface area contributed by atoms with E-state index in [2.05, 4.69) is 11.9 Å². The maximum absolute atomic E-state index is 12.2. The molecule has 1 aromatic carbocycles. The normalized spacial score (nSPS) is 20.5. The Hall–Kier alpha value is -2.30. The first-order valence-electron chi connectivity index (χ1n) is 8.15. The number of nitrogens with zero attached hydrogens (tertiary/aromatic N) is 1. The van der Waals surface area contributed by atoms with E-state index in [0.29, 0.717) is 6.42 Å². The Morgan fingerprint density at radius 3 is 2.74 bits per heavy atom. The smallest absolute Gasteiger partial charge is 0.326 e. The molecule has 0 saturated heterocycles. The van der Waals surface area contributed by atoms with Gasteiger partial charge >= 0.3 is 5.97 Å². The standard InChI is InChI=1S/C18H22N2O3/c1-3-4-9-15-17-13(12-7-5-6-8-14(12)19-17)10-16(18(22)23)20(15)11(2)21/h5-8,15-16,19H,3-4,9-10H2,1-2H3,(H,22,23)/t15-,16+/m0/s1. The molecule has 0 bridgehead atoms.